The van der Waals surface area contributed by atoms with Crippen molar-refractivity contribution in [2.45, 2.75) is 45.7 Å². The highest BCUT2D eigenvalue weighted by molar-refractivity contribution is 5.42. The van der Waals surface area contributed by atoms with Crippen LogP contribution in [-0.4, -0.2) is 40.3 Å². The molecule has 1 N–H and O–H groups in total. The molecule has 7 nitrogen and oxygen atoms in total. The minimum Gasteiger partial charge on any atom is -0.497 e. The van der Waals surface area contributed by atoms with Crippen LogP contribution in [0.3, 0.4) is 0 Å². The monoisotopic (exact) mass is 396 g/mol. The molecule has 0 spiro atoms. The number of rotatable bonds is 5. The van der Waals surface area contributed by atoms with Crippen LogP contribution in [0.1, 0.15) is 47.8 Å². The summed E-state index contributed by atoms with van der Waals surface area (Å²) >= 11 is 0. The first-order valence-corrected chi connectivity index (χ1v) is 10.0. The number of aromatic nitrogens is 3. The van der Waals surface area contributed by atoms with Gasteiger partial charge in [-0.1, -0.05) is 6.42 Å². The van der Waals surface area contributed by atoms with Gasteiger partial charge >= 0.3 is 0 Å². The van der Waals surface area contributed by atoms with Crippen LogP contribution in [0.5, 0.6) is 11.5 Å². The number of piperidine rings is 1. The number of nitrogens with zero attached hydrogens (tertiary/aromatic N) is 3. The predicted octanol–water partition coefficient (Wildman–Crippen LogP) is 3.38. The number of hydrogen-bond donors (Lipinski definition) is 1. The smallest absolute Gasteiger partial charge is 0.275 e. The van der Waals surface area contributed by atoms with E-state index in [1.807, 2.05) is 26.0 Å². The lowest BCUT2D eigenvalue weighted by Gasteiger charge is -2.35. The minimum atomic E-state index is -0.0290. The van der Waals surface area contributed by atoms with Gasteiger partial charge in [-0.05, 0) is 50.9 Å². The van der Waals surface area contributed by atoms with E-state index in [1.165, 1.54) is 6.42 Å². The summed E-state index contributed by atoms with van der Waals surface area (Å²) in [6.45, 7) is 5.49. The molecule has 0 aliphatic carbocycles. The van der Waals surface area contributed by atoms with Crippen molar-refractivity contribution in [1.29, 1.82) is 0 Å². The molecule has 0 radical (unpaired) electrons. The Morgan fingerprint density at radius 3 is 2.52 bits per heavy atom. The van der Waals surface area contributed by atoms with Crippen LogP contribution < -0.4 is 15.0 Å². The summed E-state index contributed by atoms with van der Waals surface area (Å²) in [7, 11) is 3.34. The zero-order chi connectivity index (χ0) is 20.5. The first-order chi connectivity index (χ1) is 14.0. The number of nitrogens with one attached hydrogen (secondary N) is 1. The highest BCUT2D eigenvalue weighted by Crippen LogP contribution is 2.33. The molecule has 0 saturated carbocycles. The molecule has 1 fully saturated rings. The highest BCUT2D eigenvalue weighted by atomic mass is 16.5. The van der Waals surface area contributed by atoms with Crippen molar-refractivity contribution in [2.24, 2.45) is 0 Å². The van der Waals surface area contributed by atoms with Crippen molar-refractivity contribution in [3.63, 3.8) is 0 Å². The number of hydrogen-bond acceptors (Lipinski definition) is 5. The Hall–Kier alpha value is -2.80. The number of aromatic amines is 1. The zero-order valence-corrected chi connectivity index (χ0v) is 17.5. The summed E-state index contributed by atoms with van der Waals surface area (Å²) < 4.78 is 12.4. The Labute approximate surface area is 170 Å². The van der Waals surface area contributed by atoms with Gasteiger partial charge < -0.3 is 9.47 Å². The van der Waals surface area contributed by atoms with Crippen LogP contribution in [0, 0.1) is 13.8 Å². The lowest BCUT2D eigenvalue weighted by atomic mass is 9.98. The molecule has 0 bridgehead atoms. The summed E-state index contributed by atoms with van der Waals surface area (Å²) in [4.78, 5) is 19.6. The molecule has 1 aromatic carbocycles. The zero-order valence-electron chi connectivity index (χ0n) is 17.5. The molecule has 7 heteroatoms. The maximum Gasteiger partial charge on any atom is 0.275 e. The van der Waals surface area contributed by atoms with Gasteiger partial charge in [-0.25, -0.2) is 9.50 Å². The van der Waals surface area contributed by atoms with E-state index < -0.39 is 0 Å². The van der Waals surface area contributed by atoms with Gasteiger partial charge in [0.05, 0.1) is 26.0 Å². The lowest BCUT2D eigenvalue weighted by Crippen LogP contribution is -2.33. The molecule has 1 saturated heterocycles. The van der Waals surface area contributed by atoms with E-state index in [0.29, 0.717) is 11.2 Å². The summed E-state index contributed by atoms with van der Waals surface area (Å²) in [5.41, 5.74) is 4.30. The largest absolute Gasteiger partial charge is 0.497 e. The van der Waals surface area contributed by atoms with Gasteiger partial charge in [0.25, 0.3) is 5.56 Å². The van der Waals surface area contributed by atoms with E-state index in [4.69, 9.17) is 9.47 Å². The Kier molecular flexibility index (Phi) is 5.32. The summed E-state index contributed by atoms with van der Waals surface area (Å²) in [6.07, 6.45) is 3.37. The fourth-order valence-electron chi connectivity index (χ4n) is 4.13. The third-order valence-corrected chi connectivity index (χ3v) is 5.87. The number of benzene rings is 1. The maximum atomic E-state index is 12.6. The fraction of sp³-hybridized carbons (Fsp3) is 0.455. The van der Waals surface area contributed by atoms with Crippen LogP contribution in [0.2, 0.25) is 0 Å². The minimum absolute atomic E-state index is 0.0290. The normalized spacial score (nSPS) is 17.6. The third-order valence-electron chi connectivity index (χ3n) is 5.87. The Balaban J connectivity index is 1.67. The van der Waals surface area contributed by atoms with Gasteiger partial charge in [-0.2, -0.15) is 0 Å². The molecule has 3 heterocycles. The van der Waals surface area contributed by atoms with Gasteiger partial charge in [-0.15, -0.1) is 0 Å². The molecule has 0 unspecified atom stereocenters. The van der Waals surface area contributed by atoms with Crippen LogP contribution in [0.4, 0.5) is 0 Å². The molecule has 154 valence electrons. The second-order valence-corrected chi connectivity index (χ2v) is 7.74. The SMILES string of the molecule is COc1cc(CN2CCCC[C@H]2c2cc3nc(C)c(C)c(=O)n3[nH]2)cc(OC)c1. The summed E-state index contributed by atoms with van der Waals surface area (Å²) in [5.74, 6) is 1.58. The third kappa shape index (κ3) is 3.74. The molecule has 29 heavy (non-hydrogen) atoms. The Morgan fingerprint density at radius 2 is 1.83 bits per heavy atom. The first kappa shape index (κ1) is 19.5. The van der Waals surface area contributed by atoms with Crippen LogP contribution in [0.15, 0.2) is 29.1 Å². The second kappa shape index (κ2) is 7.91. The van der Waals surface area contributed by atoms with Crippen molar-refractivity contribution in [2.75, 3.05) is 20.8 Å². The van der Waals surface area contributed by atoms with Gasteiger partial charge in [0.2, 0.25) is 0 Å². The van der Waals surface area contributed by atoms with Crippen LogP contribution in [-0.2, 0) is 6.54 Å². The number of methoxy groups -OCH3 is 2. The van der Waals surface area contributed by atoms with Crippen molar-refractivity contribution in [3.8, 4) is 11.5 Å². The number of likely N-dealkylation sites (tertiary alicyclic amines) is 1. The van der Waals surface area contributed by atoms with Crippen LogP contribution in [0.25, 0.3) is 5.65 Å². The number of aryl methyl sites for hydroxylation is 1. The second-order valence-electron chi connectivity index (χ2n) is 7.74. The van der Waals surface area contributed by atoms with Gasteiger partial charge in [-0.3, -0.25) is 14.8 Å². The Bertz CT molecular complexity index is 1060. The molecule has 2 aromatic heterocycles. The topological polar surface area (TPSA) is 71.9 Å². The van der Waals surface area contributed by atoms with Gasteiger partial charge in [0.15, 0.2) is 5.65 Å². The van der Waals surface area contributed by atoms with Crippen molar-refractivity contribution in [3.05, 3.63) is 57.1 Å². The lowest BCUT2D eigenvalue weighted by molar-refractivity contribution is 0.137. The van der Waals surface area contributed by atoms with Gasteiger partial charge in [0.1, 0.15) is 11.5 Å². The predicted molar refractivity (Wildman–Crippen MR) is 112 cm³/mol. The number of fused-ring (bicyclic) bond motifs is 1. The fourth-order valence-corrected chi connectivity index (χ4v) is 4.13. The molecule has 1 aliphatic heterocycles. The molecule has 0 amide bonds. The summed E-state index contributed by atoms with van der Waals surface area (Å²) in [6, 6.07) is 8.22. The van der Waals surface area contributed by atoms with E-state index in [-0.39, 0.29) is 11.6 Å². The molecule has 3 aromatic rings. The molecular formula is C22H28N4O3. The van der Waals surface area contributed by atoms with E-state index in [1.54, 1.807) is 18.7 Å². The quantitative estimate of drug-likeness (QED) is 0.716. The number of H-pyrrole nitrogens is 1. The molecule has 1 atom stereocenters. The van der Waals surface area contributed by atoms with E-state index in [2.05, 4.69) is 27.1 Å². The molecule has 1 aliphatic rings. The average Bonchev–Trinajstić information content (AvgIpc) is 3.16. The molecular weight excluding hydrogens is 368 g/mol. The van der Waals surface area contributed by atoms with E-state index >= 15 is 0 Å². The summed E-state index contributed by atoms with van der Waals surface area (Å²) in [5, 5.41) is 3.31. The first-order valence-electron chi connectivity index (χ1n) is 10.0. The van der Waals surface area contributed by atoms with Gasteiger partial charge in [0, 0.05) is 29.9 Å². The average molecular weight is 396 g/mol. The maximum absolute atomic E-state index is 12.6. The van der Waals surface area contributed by atoms with Crippen LogP contribution >= 0.6 is 0 Å². The van der Waals surface area contributed by atoms with Crippen molar-refractivity contribution in [1.82, 2.24) is 19.5 Å². The molecule has 4 rings (SSSR count). The highest BCUT2D eigenvalue weighted by Gasteiger charge is 2.26. The van der Waals surface area contributed by atoms with E-state index in [9.17, 15) is 4.79 Å². The van der Waals surface area contributed by atoms with Crippen molar-refractivity contribution >= 4 is 5.65 Å². The standard InChI is InChI=1S/C22H28N4O3/c1-14-15(2)23-21-12-19(24-26(21)22(14)27)20-7-5-6-8-25(20)13-16-9-17(28-3)11-18(10-16)29-4/h9-12,20,24H,5-8,13H2,1-4H3/t20-/m0/s1. The van der Waals surface area contributed by atoms with Crippen molar-refractivity contribution < 1.29 is 9.47 Å². The van der Waals surface area contributed by atoms with E-state index in [0.717, 1.165) is 54.4 Å². The number of ether oxygens (including phenoxy) is 2. The Morgan fingerprint density at radius 1 is 1.10 bits per heavy atom.